The first-order chi connectivity index (χ1) is 9.34. The van der Waals surface area contributed by atoms with Crippen molar-refractivity contribution < 1.29 is 4.57 Å². The SMILES string of the molecule is C[n+]1ccc(-c2ccccc2)nc1-c1ccccc1. The summed E-state index contributed by atoms with van der Waals surface area (Å²) in [6.45, 7) is 0. The molecule has 1 heterocycles. The van der Waals surface area contributed by atoms with Crippen LogP contribution in [0.25, 0.3) is 22.6 Å². The zero-order valence-corrected chi connectivity index (χ0v) is 10.8. The van der Waals surface area contributed by atoms with E-state index in [9.17, 15) is 0 Å². The molecule has 0 aliphatic rings. The standard InChI is InChI=1S/C17H15N2/c1-19-13-12-16(14-8-4-2-5-9-14)18-17(19)15-10-6-3-7-11-15/h2-13H,1H3/q+1. The minimum absolute atomic E-state index is 0.974. The highest BCUT2D eigenvalue weighted by atomic mass is 15.0. The molecule has 1 aromatic heterocycles. The van der Waals surface area contributed by atoms with Crippen LogP contribution >= 0.6 is 0 Å². The second-order valence-electron chi connectivity index (χ2n) is 4.48. The van der Waals surface area contributed by atoms with Crippen LogP contribution in [-0.2, 0) is 7.05 Å². The summed E-state index contributed by atoms with van der Waals surface area (Å²) in [5, 5.41) is 0. The molecular formula is C17H15N2+. The van der Waals surface area contributed by atoms with Gasteiger partial charge in [-0.05, 0) is 17.1 Å². The van der Waals surface area contributed by atoms with E-state index in [2.05, 4.69) is 30.5 Å². The van der Waals surface area contributed by atoms with Gasteiger partial charge in [0.2, 0.25) is 0 Å². The van der Waals surface area contributed by atoms with Gasteiger partial charge in [0.1, 0.15) is 0 Å². The van der Waals surface area contributed by atoms with Crippen LogP contribution in [0.2, 0.25) is 0 Å². The van der Waals surface area contributed by atoms with Gasteiger partial charge in [0, 0.05) is 11.6 Å². The first-order valence-electron chi connectivity index (χ1n) is 6.32. The van der Waals surface area contributed by atoms with Crippen molar-refractivity contribution in [1.29, 1.82) is 0 Å². The maximum absolute atomic E-state index is 4.78. The molecule has 0 bridgehead atoms. The van der Waals surface area contributed by atoms with E-state index in [-0.39, 0.29) is 0 Å². The van der Waals surface area contributed by atoms with Crippen molar-refractivity contribution in [3.63, 3.8) is 0 Å². The Morgan fingerprint density at radius 1 is 0.737 bits per heavy atom. The summed E-state index contributed by atoms with van der Waals surface area (Å²) in [6.07, 6.45) is 2.05. The van der Waals surface area contributed by atoms with E-state index in [1.807, 2.05) is 54.1 Å². The van der Waals surface area contributed by atoms with E-state index in [1.165, 1.54) is 0 Å². The van der Waals surface area contributed by atoms with Crippen LogP contribution in [0.4, 0.5) is 0 Å². The summed E-state index contributed by atoms with van der Waals surface area (Å²) in [4.78, 5) is 4.78. The van der Waals surface area contributed by atoms with Crippen LogP contribution in [0.5, 0.6) is 0 Å². The molecule has 0 unspecified atom stereocenters. The molecule has 0 aliphatic carbocycles. The average molecular weight is 247 g/mol. The van der Waals surface area contributed by atoms with Crippen molar-refractivity contribution in [3.05, 3.63) is 72.9 Å². The fraction of sp³-hybridized carbons (Fsp3) is 0.0588. The van der Waals surface area contributed by atoms with Crippen LogP contribution in [0.15, 0.2) is 72.9 Å². The van der Waals surface area contributed by atoms with Gasteiger partial charge in [0.25, 0.3) is 0 Å². The Morgan fingerprint density at radius 3 is 1.95 bits per heavy atom. The van der Waals surface area contributed by atoms with Gasteiger partial charge < -0.3 is 0 Å². The third kappa shape index (κ3) is 2.38. The Hall–Kier alpha value is -2.48. The van der Waals surface area contributed by atoms with Gasteiger partial charge in [-0.1, -0.05) is 48.5 Å². The molecule has 2 nitrogen and oxygen atoms in total. The molecule has 0 aliphatic heterocycles. The lowest BCUT2D eigenvalue weighted by atomic mass is 10.1. The topological polar surface area (TPSA) is 16.8 Å². The van der Waals surface area contributed by atoms with Gasteiger partial charge in [-0.15, -0.1) is 0 Å². The van der Waals surface area contributed by atoms with E-state index >= 15 is 0 Å². The summed E-state index contributed by atoms with van der Waals surface area (Å²) < 4.78 is 2.04. The van der Waals surface area contributed by atoms with Crippen LogP contribution in [-0.4, -0.2) is 4.98 Å². The third-order valence-corrected chi connectivity index (χ3v) is 3.12. The van der Waals surface area contributed by atoms with Crippen molar-refractivity contribution in [2.45, 2.75) is 0 Å². The van der Waals surface area contributed by atoms with Crippen LogP contribution in [0, 0.1) is 0 Å². The van der Waals surface area contributed by atoms with Crippen LogP contribution in [0.1, 0.15) is 0 Å². The zero-order chi connectivity index (χ0) is 13.1. The first kappa shape index (κ1) is 11.6. The minimum Gasteiger partial charge on any atom is -0.233 e. The van der Waals surface area contributed by atoms with E-state index < -0.39 is 0 Å². The van der Waals surface area contributed by atoms with E-state index in [1.54, 1.807) is 0 Å². The minimum atomic E-state index is 0.974. The predicted molar refractivity (Wildman–Crippen MR) is 76.3 cm³/mol. The lowest BCUT2D eigenvalue weighted by Crippen LogP contribution is -2.31. The summed E-state index contributed by atoms with van der Waals surface area (Å²) in [5.41, 5.74) is 3.26. The van der Waals surface area contributed by atoms with E-state index in [0.717, 1.165) is 22.6 Å². The van der Waals surface area contributed by atoms with E-state index in [0.29, 0.717) is 0 Å². The molecule has 19 heavy (non-hydrogen) atoms. The van der Waals surface area contributed by atoms with Gasteiger partial charge in [0.15, 0.2) is 5.69 Å². The Balaban J connectivity index is 2.12. The molecule has 0 amide bonds. The second-order valence-corrected chi connectivity index (χ2v) is 4.48. The predicted octanol–water partition coefficient (Wildman–Crippen LogP) is 3.24. The highest BCUT2D eigenvalue weighted by molar-refractivity contribution is 5.61. The number of aromatic nitrogens is 2. The lowest BCUT2D eigenvalue weighted by molar-refractivity contribution is -0.663. The Morgan fingerprint density at radius 2 is 1.32 bits per heavy atom. The highest BCUT2D eigenvalue weighted by Crippen LogP contribution is 2.19. The Bertz CT molecular complexity index is 676. The third-order valence-electron chi connectivity index (χ3n) is 3.12. The molecular weight excluding hydrogens is 232 g/mol. The van der Waals surface area contributed by atoms with Gasteiger partial charge in [-0.2, -0.15) is 0 Å². The molecule has 92 valence electrons. The smallest absolute Gasteiger partial charge is 0.233 e. The number of hydrogen-bond donors (Lipinski definition) is 0. The molecule has 0 saturated carbocycles. The molecule has 0 N–H and O–H groups in total. The number of rotatable bonds is 2. The molecule has 3 aromatic rings. The molecule has 3 rings (SSSR count). The van der Waals surface area contributed by atoms with Gasteiger partial charge in [-0.3, -0.25) is 0 Å². The number of benzene rings is 2. The fourth-order valence-corrected chi connectivity index (χ4v) is 2.11. The second kappa shape index (κ2) is 5.02. The lowest BCUT2D eigenvalue weighted by Gasteiger charge is -2.01. The van der Waals surface area contributed by atoms with Crippen molar-refractivity contribution >= 4 is 0 Å². The van der Waals surface area contributed by atoms with Gasteiger partial charge >= 0.3 is 5.82 Å². The summed E-state index contributed by atoms with van der Waals surface area (Å²) >= 11 is 0. The van der Waals surface area contributed by atoms with Crippen LogP contribution < -0.4 is 4.57 Å². The largest absolute Gasteiger partial charge is 0.330 e. The molecule has 0 spiro atoms. The molecule has 0 radical (unpaired) electrons. The molecule has 2 heteroatoms. The molecule has 0 atom stereocenters. The number of nitrogens with zero attached hydrogens (tertiary/aromatic N) is 2. The molecule has 0 fully saturated rings. The van der Waals surface area contributed by atoms with Gasteiger partial charge in [-0.25, -0.2) is 4.57 Å². The number of aryl methyl sites for hydroxylation is 1. The Kier molecular flexibility index (Phi) is 3.07. The van der Waals surface area contributed by atoms with Crippen molar-refractivity contribution in [1.82, 2.24) is 4.98 Å². The van der Waals surface area contributed by atoms with E-state index in [4.69, 9.17) is 4.98 Å². The summed E-state index contributed by atoms with van der Waals surface area (Å²) in [7, 11) is 2.02. The summed E-state index contributed by atoms with van der Waals surface area (Å²) in [5.74, 6) is 0.974. The number of hydrogen-bond acceptors (Lipinski definition) is 1. The molecule has 0 saturated heterocycles. The highest BCUT2D eigenvalue weighted by Gasteiger charge is 2.15. The van der Waals surface area contributed by atoms with Crippen LogP contribution in [0.3, 0.4) is 0 Å². The van der Waals surface area contributed by atoms with Crippen molar-refractivity contribution in [2.75, 3.05) is 0 Å². The monoisotopic (exact) mass is 247 g/mol. The zero-order valence-electron chi connectivity index (χ0n) is 10.8. The maximum atomic E-state index is 4.78. The van der Waals surface area contributed by atoms with Crippen molar-refractivity contribution in [2.24, 2.45) is 7.05 Å². The average Bonchev–Trinajstić information content (AvgIpc) is 2.49. The quantitative estimate of drug-likeness (QED) is 0.635. The fourth-order valence-electron chi connectivity index (χ4n) is 2.11. The normalized spacial score (nSPS) is 10.4. The van der Waals surface area contributed by atoms with Crippen molar-refractivity contribution in [3.8, 4) is 22.6 Å². The van der Waals surface area contributed by atoms with Gasteiger partial charge in [0.05, 0.1) is 18.8 Å². The maximum Gasteiger partial charge on any atom is 0.330 e. The summed E-state index contributed by atoms with van der Waals surface area (Å²) in [6, 6.07) is 22.5. The molecule has 2 aromatic carbocycles. The first-order valence-corrected chi connectivity index (χ1v) is 6.32. The Labute approximate surface area is 113 Å².